The maximum atomic E-state index is 0. The van der Waals surface area contributed by atoms with Crippen LogP contribution < -0.4 is 0 Å². The summed E-state index contributed by atoms with van der Waals surface area (Å²) in [6, 6.07) is 0. The molecular formula is H12Br3P3. The van der Waals surface area contributed by atoms with Gasteiger partial charge in [-0.2, -0.15) is 29.7 Å². The number of rotatable bonds is 0. The van der Waals surface area contributed by atoms with E-state index in [0.717, 1.165) is 0 Å². The van der Waals surface area contributed by atoms with Crippen molar-refractivity contribution in [3.05, 3.63) is 0 Å². The highest BCUT2D eigenvalue weighted by molar-refractivity contribution is 8.93. The Morgan fingerprint density at radius 2 is 0.333 bits per heavy atom. The topological polar surface area (TPSA) is 0 Å². The van der Waals surface area contributed by atoms with Crippen LogP contribution in [-0.2, 0) is 0 Å². The monoisotopic (exact) mass is 342 g/mol. The van der Waals surface area contributed by atoms with Crippen LogP contribution in [0, 0.1) is 0 Å². The van der Waals surface area contributed by atoms with Gasteiger partial charge in [-0.15, -0.1) is 50.9 Å². The molecule has 0 aromatic heterocycles. The molecule has 0 heterocycles. The Bertz CT molecular complexity index is 6.00. The van der Waals surface area contributed by atoms with E-state index >= 15 is 0 Å². The minimum atomic E-state index is 0. The van der Waals surface area contributed by atoms with Crippen molar-refractivity contribution < 1.29 is 0 Å². The molecule has 48 valence electrons. The lowest BCUT2D eigenvalue weighted by molar-refractivity contribution is 6.92. The average Bonchev–Trinajstić information content (AvgIpc) is 0. The minimum absolute atomic E-state index is 0. The molecule has 0 aliphatic heterocycles. The minimum Gasteiger partial charge on any atom is -0.153 e. The normalized spacial score (nSPS) is 0. The molecule has 6 heavy (non-hydrogen) atoms. The predicted molar refractivity (Wildman–Crippen MR) is 64.3 cm³/mol. The van der Waals surface area contributed by atoms with Crippen molar-refractivity contribution in [1.29, 1.82) is 0 Å². The first-order valence-electron chi connectivity index (χ1n) is 0. The summed E-state index contributed by atoms with van der Waals surface area (Å²) in [4.78, 5) is 0. The van der Waals surface area contributed by atoms with E-state index in [1.807, 2.05) is 0 Å². The van der Waals surface area contributed by atoms with Crippen LogP contribution in [-0.4, -0.2) is 0 Å². The lowest BCUT2D eigenvalue weighted by Gasteiger charge is -0.154. The summed E-state index contributed by atoms with van der Waals surface area (Å²) < 4.78 is 0. The smallest absolute Gasteiger partial charge is 0.114 e. The molecular weight excluding hydrogens is 333 g/mol. The van der Waals surface area contributed by atoms with Crippen LogP contribution in [0.2, 0.25) is 0 Å². The van der Waals surface area contributed by atoms with Gasteiger partial charge in [0.05, 0.1) is 0 Å². The fourth-order valence-corrected chi connectivity index (χ4v) is 0. The van der Waals surface area contributed by atoms with Crippen LogP contribution in [0.15, 0.2) is 0 Å². The quantitative estimate of drug-likeness (QED) is 0.589. The van der Waals surface area contributed by atoms with Gasteiger partial charge < -0.3 is 0 Å². The molecule has 0 aromatic rings. The summed E-state index contributed by atoms with van der Waals surface area (Å²) in [5.41, 5.74) is 0. The van der Waals surface area contributed by atoms with Gasteiger partial charge in [-0.25, -0.2) is 0 Å². The molecule has 0 rings (SSSR count). The molecule has 0 spiro atoms. The Labute approximate surface area is 80.2 Å². The lowest BCUT2D eigenvalue weighted by Crippen LogP contribution is 0.845. The van der Waals surface area contributed by atoms with Crippen molar-refractivity contribution in [1.82, 2.24) is 0 Å². The number of hydrogen-bond acceptors (Lipinski definition) is 0. The van der Waals surface area contributed by atoms with Gasteiger partial charge in [0.2, 0.25) is 0 Å². The summed E-state index contributed by atoms with van der Waals surface area (Å²) in [5, 5.41) is 0. The SMILES string of the molecule is Br.Br.Br.P.P.P. The number of hydrogen-bond donors (Lipinski definition) is 0. The molecule has 0 saturated heterocycles. The van der Waals surface area contributed by atoms with Crippen molar-refractivity contribution in [3.63, 3.8) is 0 Å². The van der Waals surface area contributed by atoms with Crippen molar-refractivity contribution in [2.24, 2.45) is 0 Å². The molecule has 0 radical (unpaired) electrons. The van der Waals surface area contributed by atoms with Gasteiger partial charge in [-0.1, -0.05) is 0 Å². The van der Waals surface area contributed by atoms with Crippen molar-refractivity contribution in [3.8, 4) is 0 Å². The summed E-state index contributed by atoms with van der Waals surface area (Å²) in [7, 11) is 0. The third-order valence-corrected chi connectivity index (χ3v) is 0. The highest BCUT2D eigenvalue weighted by Gasteiger charge is -0.111. The average molecular weight is 345 g/mol. The zero-order chi connectivity index (χ0) is 0. The van der Waals surface area contributed by atoms with Gasteiger partial charge in [0, 0.05) is 0 Å². The van der Waals surface area contributed by atoms with Crippen LogP contribution >= 0.6 is 80.6 Å². The van der Waals surface area contributed by atoms with E-state index in [1.165, 1.54) is 0 Å². The molecule has 0 bridgehead atoms. The molecule has 0 saturated carbocycles. The van der Waals surface area contributed by atoms with Crippen molar-refractivity contribution >= 4 is 80.6 Å². The van der Waals surface area contributed by atoms with E-state index in [1.54, 1.807) is 0 Å². The second-order valence-corrected chi connectivity index (χ2v) is 0. The number of halogens is 3. The highest BCUT2D eigenvalue weighted by atomic mass is 79.9. The maximum absolute atomic E-state index is 0. The van der Waals surface area contributed by atoms with E-state index in [4.69, 9.17) is 0 Å². The first-order valence-corrected chi connectivity index (χ1v) is 0. The first-order chi connectivity index (χ1) is 0. The second kappa shape index (κ2) is 47.0. The van der Waals surface area contributed by atoms with Crippen molar-refractivity contribution in [2.45, 2.75) is 0 Å². The van der Waals surface area contributed by atoms with Gasteiger partial charge >= 0.3 is 0 Å². The predicted octanol–water partition coefficient (Wildman–Crippen LogP) is 1.91. The zero-order valence-electron chi connectivity index (χ0n) is 3.35. The molecule has 0 nitrogen and oxygen atoms in total. The van der Waals surface area contributed by atoms with E-state index in [2.05, 4.69) is 0 Å². The lowest BCUT2D eigenvalue weighted by atomic mass is 31.0. The van der Waals surface area contributed by atoms with E-state index in [0.29, 0.717) is 0 Å². The van der Waals surface area contributed by atoms with Crippen LogP contribution in [0.25, 0.3) is 0 Å². The van der Waals surface area contributed by atoms with Crippen LogP contribution in [0.4, 0.5) is 0 Å². The summed E-state index contributed by atoms with van der Waals surface area (Å²) in [6.45, 7) is 0. The fourth-order valence-electron chi connectivity index (χ4n) is 0. The largest absolute Gasteiger partial charge is 0.153 e. The Morgan fingerprint density at radius 1 is 0.333 bits per heavy atom. The molecule has 0 aliphatic carbocycles. The Morgan fingerprint density at radius 3 is 0.333 bits per heavy atom. The Hall–Kier alpha value is 2.73. The molecule has 0 amide bonds. The van der Waals surface area contributed by atoms with Gasteiger partial charge in [0.15, 0.2) is 0 Å². The molecule has 0 aromatic carbocycles. The van der Waals surface area contributed by atoms with Crippen molar-refractivity contribution in [2.75, 3.05) is 0 Å². The van der Waals surface area contributed by atoms with Gasteiger partial charge in [-0.05, 0) is 0 Å². The Kier molecular flexibility index (Phi) is 548. The van der Waals surface area contributed by atoms with E-state index in [-0.39, 0.29) is 80.6 Å². The molecule has 3 atom stereocenters. The highest BCUT2D eigenvalue weighted by Crippen LogP contribution is 0.864. The summed E-state index contributed by atoms with van der Waals surface area (Å²) >= 11 is 0. The zero-order valence-corrected chi connectivity index (χ0v) is 12.7. The van der Waals surface area contributed by atoms with Crippen LogP contribution in [0.3, 0.4) is 0 Å². The third kappa shape index (κ3) is 29.6. The molecule has 0 N–H and O–H groups in total. The van der Waals surface area contributed by atoms with Crippen LogP contribution in [0.5, 0.6) is 0 Å². The van der Waals surface area contributed by atoms with E-state index in [9.17, 15) is 0 Å². The summed E-state index contributed by atoms with van der Waals surface area (Å²) in [6.07, 6.45) is 0. The third-order valence-electron chi connectivity index (χ3n) is 0. The first kappa shape index (κ1) is 70.0. The molecule has 0 fully saturated rings. The van der Waals surface area contributed by atoms with Gasteiger partial charge in [0.25, 0.3) is 0 Å². The fraction of sp³-hybridized carbons (Fsp3) is 0. The molecule has 6 heteroatoms. The maximum Gasteiger partial charge on any atom is -0.114 e. The van der Waals surface area contributed by atoms with Gasteiger partial charge in [-0.3, -0.25) is 0 Å². The van der Waals surface area contributed by atoms with E-state index < -0.39 is 0 Å². The molecule has 0 aliphatic rings. The second-order valence-electron chi connectivity index (χ2n) is 0. The summed E-state index contributed by atoms with van der Waals surface area (Å²) in [5.74, 6) is 0. The van der Waals surface area contributed by atoms with Gasteiger partial charge in [0.1, 0.15) is 0 Å². The Balaban J connectivity index is 0. The molecule has 3 unspecified atom stereocenters. The standard InChI is InChI=1S/3BrH.3H3P/h3*1H;3*1H3. The van der Waals surface area contributed by atoms with Crippen LogP contribution in [0.1, 0.15) is 0 Å².